The van der Waals surface area contributed by atoms with Crippen LogP contribution < -0.4 is 10.0 Å². The number of hydrogen-bond donors (Lipinski definition) is 2. The maximum atomic E-state index is 12.4. The highest BCUT2D eigenvalue weighted by Gasteiger charge is 2.16. The molecule has 0 saturated carbocycles. The number of anilines is 1. The van der Waals surface area contributed by atoms with Crippen LogP contribution in [-0.2, 0) is 10.0 Å². The van der Waals surface area contributed by atoms with E-state index in [0.29, 0.717) is 11.3 Å². The smallest absolute Gasteiger partial charge is 0.275 e. The van der Waals surface area contributed by atoms with E-state index in [1.165, 1.54) is 42.9 Å². The Hall–Kier alpha value is -3.43. The monoisotopic (exact) mass is 396 g/mol. The van der Waals surface area contributed by atoms with Crippen LogP contribution in [0.25, 0.3) is 0 Å². The molecule has 9 heteroatoms. The molecule has 0 aliphatic carbocycles. The lowest BCUT2D eigenvalue weighted by Crippen LogP contribution is -2.29. The quantitative estimate of drug-likeness (QED) is 0.589. The van der Waals surface area contributed by atoms with Crippen LogP contribution in [0.4, 0.5) is 5.69 Å². The fraction of sp³-hybridized carbons (Fsp3) is 0.0526. The van der Waals surface area contributed by atoms with Gasteiger partial charge in [0.1, 0.15) is 5.69 Å². The highest BCUT2D eigenvalue weighted by Crippen LogP contribution is 2.15. The summed E-state index contributed by atoms with van der Waals surface area (Å²) in [4.78, 5) is 31.7. The summed E-state index contributed by atoms with van der Waals surface area (Å²) < 4.78 is 27.0. The molecule has 2 aromatic carbocycles. The molecule has 0 saturated heterocycles. The second-order valence-corrected chi connectivity index (χ2v) is 7.45. The Morgan fingerprint density at radius 3 is 2.29 bits per heavy atom. The van der Waals surface area contributed by atoms with E-state index in [9.17, 15) is 18.0 Å². The van der Waals surface area contributed by atoms with E-state index in [0.717, 1.165) is 0 Å². The zero-order valence-corrected chi connectivity index (χ0v) is 15.4. The molecule has 3 aromatic rings. The zero-order chi connectivity index (χ0) is 20.0. The fourth-order valence-corrected chi connectivity index (χ4v) is 3.28. The fourth-order valence-electron chi connectivity index (χ4n) is 2.30. The van der Waals surface area contributed by atoms with Gasteiger partial charge in [0.15, 0.2) is 5.78 Å². The molecule has 0 spiro atoms. The van der Waals surface area contributed by atoms with Crippen molar-refractivity contribution in [3.05, 3.63) is 84.4 Å². The van der Waals surface area contributed by atoms with Crippen LogP contribution in [0.5, 0.6) is 0 Å². The third-order valence-corrected chi connectivity index (χ3v) is 5.15. The third kappa shape index (κ3) is 4.84. The number of nitrogens with zero attached hydrogens (tertiary/aromatic N) is 2. The van der Waals surface area contributed by atoms with Crippen molar-refractivity contribution in [2.75, 3.05) is 11.9 Å². The molecule has 0 radical (unpaired) electrons. The second kappa shape index (κ2) is 8.51. The first-order chi connectivity index (χ1) is 13.5. The Labute approximate surface area is 161 Å². The van der Waals surface area contributed by atoms with Crippen LogP contribution in [0.3, 0.4) is 0 Å². The Morgan fingerprint density at radius 2 is 1.64 bits per heavy atom. The maximum absolute atomic E-state index is 12.4. The Bertz CT molecular complexity index is 1070. The molecule has 0 atom stereocenters. The van der Waals surface area contributed by atoms with Gasteiger partial charge in [0.2, 0.25) is 10.0 Å². The van der Waals surface area contributed by atoms with E-state index < -0.39 is 15.9 Å². The minimum atomic E-state index is -3.87. The van der Waals surface area contributed by atoms with Crippen molar-refractivity contribution in [1.82, 2.24) is 14.7 Å². The minimum absolute atomic E-state index is 0.0223. The van der Waals surface area contributed by atoms with Gasteiger partial charge < -0.3 is 5.32 Å². The molecule has 0 fully saturated rings. The summed E-state index contributed by atoms with van der Waals surface area (Å²) in [6.45, 7) is -0.350. The average molecular weight is 396 g/mol. The second-order valence-electron chi connectivity index (χ2n) is 5.68. The lowest BCUT2D eigenvalue weighted by atomic mass is 10.1. The molecule has 28 heavy (non-hydrogen) atoms. The van der Waals surface area contributed by atoms with Gasteiger partial charge in [-0.25, -0.2) is 18.1 Å². The van der Waals surface area contributed by atoms with Crippen molar-refractivity contribution >= 4 is 27.4 Å². The molecule has 1 heterocycles. The van der Waals surface area contributed by atoms with Crippen molar-refractivity contribution in [1.29, 1.82) is 0 Å². The molecule has 0 aliphatic rings. The van der Waals surface area contributed by atoms with Gasteiger partial charge >= 0.3 is 0 Å². The summed E-state index contributed by atoms with van der Waals surface area (Å²) in [7, 11) is -3.87. The molecule has 0 aliphatic heterocycles. The Balaban J connectivity index is 1.63. The Kier molecular flexibility index (Phi) is 5.87. The molecule has 2 N–H and O–H groups in total. The number of carbonyl (C=O) groups is 2. The van der Waals surface area contributed by atoms with Crippen LogP contribution in [0.1, 0.15) is 20.8 Å². The van der Waals surface area contributed by atoms with E-state index in [1.54, 1.807) is 30.3 Å². The van der Waals surface area contributed by atoms with Crippen molar-refractivity contribution in [3.63, 3.8) is 0 Å². The molecule has 142 valence electrons. The normalized spacial score (nSPS) is 11.0. The summed E-state index contributed by atoms with van der Waals surface area (Å²) in [5.74, 6) is -0.799. The van der Waals surface area contributed by atoms with Gasteiger partial charge in [0, 0.05) is 23.6 Å². The molecule has 1 amide bonds. The summed E-state index contributed by atoms with van der Waals surface area (Å²) in [5.41, 5.74) is 0.961. The van der Waals surface area contributed by atoms with Crippen molar-refractivity contribution < 1.29 is 18.0 Å². The van der Waals surface area contributed by atoms with Crippen LogP contribution >= 0.6 is 0 Å². The lowest BCUT2D eigenvalue weighted by Gasteiger charge is -2.08. The van der Waals surface area contributed by atoms with Gasteiger partial charge in [-0.15, -0.1) is 0 Å². The predicted octanol–water partition coefficient (Wildman–Crippen LogP) is 1.89. The lowest BCUT2D eigenvalue weighted by molar-refractivity contribution is 0.0994. The Morgan fingerprint density at radius 1 is 0.929 bits per heavy atom. The predicted molar refractivity (Wildman–Crippen MR) is 102 cm³/mol. The molecule has 3 rings (SSSR count). The van der Waals surface area contributed by atoms with Crippen molar-refractivity contribution in [2.24, 2.45) is 0 Å². The van der Waals surface area contributed by atoms with Crippen LogP contribution in [0.2, 0.25) is 0 Å². The summed E-state index contributed by atoms with van der Waals surface area (Å²) in [5, 5.41) is 2.60. The molecule has 1 aromatic heterocycles. The van der Waals surface area contributed by atoms with Crippen LogP contribution in [-0.4, -0.2) is 36.6 Å². The van der Waals surface area contributed by atoms with Crippen LogP contribution in [0, 0.1) is 0 Å². The number of benzene rings is 2. The average Bonchev–Trinajstić information content (AvgIpc) is 2.74. The van der Waals surface area contributed by atoms with Crippen molar-refractivity contribution in [2.45, 2.75) is 4.90 Å². The van der Waals surface area contributed by atoms with Gasteiger partial charge in [-0.1, -0.05) is 30.3 Å². The zero-order valence-electron chi connectivity index (χ0n) is 14.6. The molecule has 0 unspecified atom stereocenters. The third-order valence-electron chi connectivity index (χ3n) is 3.74. The van der Waals surface area contributed by atoms with E-state index in [1.807, 2.05) is 0 Å². The van der Waals surface area contributed by atoms with E-state index >= 15 is 0 Å². The summed E-state index contributed by atoms with van der Waals surface area (Å²) in [6, 6.07) is 14.0. The molecular weight excluding hydrogens is 380 g/mol. The number of amides is 1. The van der Waals surface area contributed by atoms with Gasteiger partial charge in [-0.2, -0.15) is 0 Å². The van der Waals surface area contributed by atoms with Gasteiger partial charge in [-0.05, 0) is 24.3 Å². The van der Waals surface area contributed by atoms with E-state index in [-0.39, 0.29) is 22.9 Å². The molecule has 0 bridgehead atoms. The minimum Gasteiger partial charge on any atom is -0.321 e. The summed E-state index contributed by atoms with van der Waals surface area (Å²) in [6.07, 6.45) is 4.17. The molecular formula is C19H16N4O4S. The number of aromatic nitrogens is 2. The number of sulfonamides is 1. The number of ketones is 1. The van der Waals surface area contributed by atoms with Crippen molar-refractivity contribution in [3.8, 4) is 0 Å². The maximum Gasteiger partial charge on any atom is 0.275 e. The molecule has 8 nitrogen and oxygen atoms in total. The number of hydrogen-bond acceptors (Lipinski definition) is 6. The topological polar surface area (TPSA) is 118 Å². The first-order valence-corrected chi connectivity index (χ1v) is 9.69. The highest BCUT2D eigenvalue weighted by molar-refractivity contribution is 7.89. The SMILES string of the molecule is O=C(CNS(=O)(=O)c1ccc(NC(=O)c2cnccn2)cc1)c1ccccc1. The van der Waals surface area contributed by atoms with Gasteiger partial charge in [0.05, 0.1) is 17.6 Å². The van der Waals surface area contributed by atoms with Gasteiger partial charge in [0.25, 0.3) is 5.91 Å². The number of carbonyl (C=O) groups excluding carboxylic acids is 2. The first-order valence-electron chi connectivity index (χ1n) is 8.21. The number of rotatable bonds is 7. The highest BCUT2D eigenvalue weighted by atomic mass is 32.2. The standard InChI is InChI=1S/C19H16N4O4S/c24-18(14-4-2-1-3-5-14)13-22-28(26,27)16-8-6-15(7-9-16)23-19(25)17-12-20-10-11-21-17/h1-12,22H,13H2,(H,23,25). The van der Waals surface area contributed by atoms with Crippen LogP contribution in [0.15, 0.2) is 78.1 Å². The first kappa shape index (κ1) is 19.3. The van der Waals surface area contributed by atoms with E-state index in [4.69, 9.17) is 0 Å². The van der Waals surface area contributed by atoms with E-state index in [2.05, 4.69) is 20.0 Å². The number of Topliss-reactive ketones (excluding diaryl/α,β-unsaturated/α-hetero) is 1. The van der Waals surface area contributed by atoms with Gasteiger partial charge in [-0.3, -0.25) is 14.6 Å². The summed E-state index contributed by atoms with van der Waals surface area (Å²) >= 11 is 0. The number of nitrogens with one attached hydrogen (secondary N) is 2. The largest absolute Gasteiger partial charge is 0.321 e.